The fourth-order valence-electron chi connectivity index (χ4n) is 4.69. The van der Waals surface area contributed by atoms with Crippen molar-refractivity contribution in [2.75, 3.05) is 20.2 Å². The number of pyridine rings is 1. The number of sulfonamides is 1. The Morgan fingerprint density at radius 3 is 2.46 bits per heavy atom. The molecule has 0 spiro atoms. The predicted molar refractivity (Wildman–Crippen MR) is 133 cm³/mol. The van der Waals surface area contributed by atoms with Crippen LogP contribution < -0.4 is 4.74 Å². The first kappa shape index (κ1) is 25.5. The van der Waals surface area contributed by atoms with Crippen molar-refractivity contribution >= 4 is 32.8 Å². The molecule has 1 aliphatic rings. The number of benzene rings is 2. The fraction of sp³-hybridized carbons (Fsp3) is 0.280. The number of imidazole rings is 1. The lowest BCUT2D eigenvalue weighted by atomic mass is 10.0. The molecule has 0 bridgehead atoms. The van der Waals surface area contributed by atoms with E-state index in [0.717, 1.165) is 6.07 Å². The standard InChI is InChI=1S/C25H22ClF3N4O3S/c1-36-22-9-8-17(15-20(22)26)37(34,35)32-13-10-16(11-14-32)33-23(31-21-7-4-12-30-24(21)33)18-5-2-3-6-19(18)25(27,28)29/h2-9,12,15-16H,10-11,13-14H2,1H3. The highest BCUT2D eigenvalue weighted by atomic mass is 35.5. The topological polar surface area (TPSA) is 77.3 Å². The summed E-state index contributed by atoms with van der Waals surface area (Å²) in [7, 11) is -2.39. The monoisotopic (exact) mass is 550 g/mol. The van der Waals surface area contributed by atoms with E-state index in [2.05, 4.69) is 9.97 Å². The van der Waals surface area contributed by atoms with Gasteiger partial charge in [-0.25, -0.2) is 18.4 Å². The molecule has 4 aromatic rings. The molecule has 2 aromatic carbocycles. The third-order valence-electron chi connectivity index (χ3n) is 6.47. The van der Waals surface area contributed by atoms with Gasteiger partial charge in [-0.15, -0.1) is 0 Å². The number of ether oxygens (including phenoxy) is 1. The first-order chi connectivity index (χ1) is 17.6. The van der Waals surface area contributed by atoms with E-state index < -0.39 is 21.8 Å². The first-order valence-electron chi connectivity index (χ1n) is 11.4. The predicted octanol–water partition coefficient (Wildman–Crippen LogP) is 5.80. The molecule has 1 saturated heterocycles. The van der Waals surface area contributed by atoms with Crippen LogP contribution in [-0.4, -0.2) is 47.5 Å². The molecule has 0 radical (unpaired) electrons. The van der Waals surface area contributed by atoms with E-state index in [0.29, 0.717) is 29.8 Å². The average Bonchev–Trinajstić information content (AvgIpc) is 3.28. The van der Waals surface area contributed by atoms with Gasteiger partial charge in [-0.1, -0.05) is 29.8 Å². The minimum absolute atomic E-state index is 0.0454. The maximum atomic E-state index is 13.8. The van der Waals surface area contributed by atoms with Crippen LogP contribution in [0.5, 0.6) is 5.75 Å². The van der Waals surface area contributed by atoms with Gasteiger partial charge in [0.2, 0.25) is 10.0 Å². The van der Waals surface area contributed by atoms with E-state index in [1.165, 1.54) is 47.8 Å². The van der Waals surface area contributed by atoms with Gasteiger partial charge >= 0.3 is 6.18 Å². The van der Waals surface area contributed by atoms with E-state index in [1.54, 1.807) is 22.9 Å². The van der Waals surface area contributed by atoms with Crippen LogP contribution in [0, 0.1) is 0 Å². The molecular weight excluding hydrogens is 529 g/mol. The van der Waals surface area contributed by atoms with Crippen LogP contribution >= 0.6 is 11.6 Å². The highest BCUT2D eigenvalue weighted by Gasteiger charge is 2.37. The van der Waals surface area contributed by atoms with Gasteiger partial charge in [-0.3, -0.25) is 0 Å². The summed E-state index contributed by atoms with van der Waals surface area (Å²) in [5.41, 5.74) is 0.0917. The molecule has 0 amide bonds. The lowest BCUT2D eigenvalue weighted by molar-refractivity contribution is -0.137. The van der Waals surface area contributed by atoms with Gasteiger partial charge in [-0.05, 0) is 49.2 Å². The van der Waals surface area contributed by atoms with Crippen molar-refractivity contribution in [3.05, 3.63) is 71.4 Å². The Hall–Kier alpha value is -3.15. The van der Waals surface area contributed by atoms with Crippen LogP contribution in [0.3, 0.4) is 0 Å². The molecule has 1 fully saturated rings. The van der Waals surface area contributed by atoms with E-state index in [9.17, 15) is 21.6 Å². The number of halogens is 4. The van der Waals surface area contributed by atoms with Crippen molar-refractivity contribution in [1.29, 1.82) is 0 Å². The van der Waals surface area contributed by atoms with Crippen LogP contribution in [0.2, 0.25) is 5.02 Å². The number of hydrogen-bond donors (Lipinski definition) is 0. The molecule has 37 heavy (non-hydrogen) atoms. The molecule has 7 nitrogen and oxygen atoms in total. The Morgan fingerprint density at radius 1 is 1.05 bits per heavy atom. The van der Waals surface area contributed by atoms with Gasteiger partial charge in [0.25, 0.3) is 0 Å². The number of aromatic nitrogens is 3. The van der Waals surface area contributed by atoms with Crippen molar-refractivity contribution in [3.8, 4) is 17.1 Å². The highest BCUT2D eigenvalue weighted by Crippen LogP contribution is 2.40. The second kappa shape index (κ2) is 9.62. The molecule has 2 aromatic heterocycles. The summed E-state index contributed by atoms with van der Waals surface area (Å²) >= 11 is 6.14. The third-order valence-corrected chi connectivity index (χ3v) is 8.66. The first-order valence-corrected chi connectivity index (χ1v) is 13.3. The molecule has 0 aliphatic carbocycles. The zero-order valence-electron chi connectivity index (χ0n) is 19.6. The van der Waals surface area contributed by atoms with Crippen molar-refractivity contribution in [1.82, 2.24) is 18.8 Å². The number of hydrogen-bond acceptors (Lipinski definition) is 5. The van der Waals surface area contributed by atoms with Gasteiger partial charge in [0.15, 0.2) is 5.65 Å². The molecule has 0 atom stereocenters. The maximum Gasteiger partial charge on any atom is 0.417 e. The van der Waals surface area contributed by atoms with Crippen LogP contribution in [0.4, 0.5) is 13.2 Å². The van der Waals surface area contributed by atoms with Crippen molar-refractivity contribution < 1.29 is 26.3 Å². The molecule has 0 unspecified atom stereocenters. The molecule has 5 rings (SSSR count). The van der Waals surface area contributed by atoms with Crippen molar-refractivity contribution in [2.45, 2.75) is 30.0 Å². The number of rotatable bonds is 5. The number of methoxy groups -OCH3 is 1. The van der Waals surface area contributed by atoms with Crippen molar-refractivity contribution in [2.24, 2.45) is 0 Å². The normalized spacial score (nSPS) is 15.8. The summed E-state index contributed by atoms with van der Waals surface area (Å²) in [6, 6.07) is 12.7. The number of nitrogens with zero attached hydrogens (tertiary/aromatic N) is 4. The van der Waals surface area contributed by atoms with Gasteiger partial charge in [0, 0.05) is 30.9 Å². The summed E-state index contributed by atoms with van der Waals surface area (Å²) in [6.07, 6.45) is -2.27. The minimum Gasteiger partial charge on any atom is -0.495 e. The Morgan fingerprint density at radius 2 is 1.78 bits per heavy atom. The van der Waals surface area contributed by atoms with Gasteiger partial charge < -0.3 is 9.30 Å². The van der Waals surface area contributed by atoms with E-state index >= 15 is 0 Å². The summed E-state index contributed by atoms with van der Waals surface area (Å²) in [4.78, 5) is 8.96. The van der Waals surface area contributed by atoms with Crippen molar-refractivity contribution in [3.63, 3.8) is 0 Å². The number of alkyl halides is 3. The van der Waals surface area contributed by atoms with Gasteiger partial charge in [0.1, 0.15) is 17.1 Å². The van der Waals surface area contributed by atoms with E-state index in [1.807, 2.05) is 0 Å². The van der Waals surface area contributed by atoms with Gasteiger partial charge in [0.05, 0.1) is 22.6 Å². The largest absolute Gasteiger partial charge is 0.495 e. The molecular formula is C25H22ClF3N4O3S. The smallest absolute Gasteiger partial charge is 0.417 e. The quantitative estimate of drug-likeness (QED) is 0.314. The second-order valence-corrected chi connectivity index (χ2v) is 11.0. The lowest BCUT2D eigenvalue weighted by Gasteiger charge is -2.33. The number of fused-ring (bicyclic) bond motifs is 1. The molecule has 12 heteroatoms. The van der Waals surface area contributed by atoms with E-state index in [4.69, 9.17) is 16.3 Å². The Kier molecular flexibility index (Phi) is 6.63. The van der Waals surface area contributed by atoms with Gasteiger partial charge in [-0.2, -0.15) is 17.5 Å². The summed E-state index contributed by atoms with van der Waals surface area (Å²) in [5.74, 6) is 0.523. The minimum atomic E-state index is -4.57. The Bertz CT molecular complexity index is 1570. The van der Waals surface area contributed by atoms with Crippen LogP contribution in [0.25, 0.3) is 22.6 Å². The third kappa shape index (κ3) is 4.67. The Balaban J connectivity index is 1.49. The summed E-state index contributed by atoms with van der Waals surface area (Å²) in [6.45, 7) is 0.340. The molecule has 0 N–H and O–H groups in total. The lowest BCUT2D eigenvalue weighted by Crippen LogP contribution is -2.39. The molecule has 1 aliphatic heterocycles. The summed E-state index contributed by atoms with van der Waals surface area (Å²) < 4.78 is 76.2. The second-order valence-electron chi connectivity index (χ2n) is 8.63. The average molecular weight is 551 g/mol. The zero-order valence-corrected chi connectivity index (χ0v) is 21.2. The van der Waals surface area contributed by atoms with Crippen LogP contribution in [-0.2, 0) is 16.2 Å². The Labute approximate surface area is 216 Å². The molecule has 3 heterocycles. The van der Waals surface area contributed by atoms with Crippen LogP contribution in [0.1, 0.15) is 24.4 Å². The fourth-order valence-corrected chi connectivity index (χ4v) is 6.51. The number of piperidine rings is 1. The van der Waals surface area contributed by atoms with E-state index in [-0.39, 0.29) is 40.4 Å². The summed E-state index contributed by atoms with van der Waals surface area (Å²) in [5, 5.41) is 0.183. The zero-order chi connectivity index (χ0) is 26.4. The molecule has 0 saturated carbocycles. The molecule has 194 valence electrons. The SMILES string of the molecule is COc1ccc(S(=O)(=O)N2CCC(n3c(-c4ccccc4C(F)(F)F)nc4cccnc43)CC2)cc1Cl. The maximum absolute atomic E-state index is 13.8. The highest BCUT2D eigenvalue weighted by molar-refractivity contribution is 7.89. The van der Waals surface area contributed by atoms with Crippen LogP contribution in [0.15, 0.2) is 65.7 Å².